The zero-order chi connectivity index (χ0) is 15.9. The Balaban J connectivity index is 2.42. The fourth-order valence-corrected chi connectivity index (χ4v) is 2.57. The van der Waals surface area contributed by atoms with Gasteiger partial charge in [-0.3, -0.25) is 4.79 Å². The maximum atomic E-state index is 13.7. The first kappa shape index (κ1) is 15.5. The maximum absolute atomic E-state index is 13.7. The van der Waals surface area contributed by atoms with Gasteiger partial charge in [0.1, 0.15) is 5.69 Å². The molecule has 0 bridgehead atoms. The van der Waals surface area contributed by atoms with E-state index in [0.717, 1.165) is 4.90 Å². The Hall–Kier alpha value is -1.86. The number of carbonyl (C=O) groups is 1. The van der Waals surface area contributed by atoms with Crippen molar-refractivity contribution in [3.05, 3.63) is 29.1 Å². The van der Waals surface area contributed by atoms with Crippen LogP contribution in [0, 0.1) is 35.0 Å². The van der Waals surface area contributed by atoms with Crippen LogP contribution in [0.2, 0.25) is 0 Å². The number of hydrogen-bond acceptors (Lipinski definition) is 2. The van der Waals surface area contributed by atoms with Crippen LogP contribution in [0.3, 0.4) is 0 Å². The fraction of sp³-hybridized carbons (Fsp3) is 0.462. The Morgan fingerprint density at radius 1 is 1.05 bits per heavy atom. The van der Waals surface area contributed by atoms with Gasteiger partial charge < -0.3 is 10.0 Å². The van der Waals surface area contributed by atoms with Gasteiger partial charge in [-0.05, 0) is 19.8 Å². The second kappa shape index (κ2) is 5.50. The second-order valence-corrected chi connectivity index (χ2v) is 5.02. The Morgan fingerprint density at radius 2 is 1.52 bits per heavy atom. The van der Waals surface area contributed by atoms with Crippen LogP contribution in [0.1, 0.15) is 19.8 Å². The summed E-state index contributed by atoms with van der Waals surface area (Å²) in [6.45, 7) is 1.38. The molecule has 2 rings (SSSR count). The Labute approximate surface area is 117 Å². The molecular weight excluding hydrogens is 297 g/mol. The highest BCUT2D eigenvalue weighted by Crippen LogP contribution is 2.35. The van der Waals surface area contributed by atoms with E-state index in [1.165, 1.54) is 6.92 Å². The van der Waals surface area contributed by atoms with E-state index in [1.807, 2.05) is 0 Å². The van der Waals surface area contributed by atoms with Gasteiger partial charge in [-0.25, -0.2) is 22.0 Å². The average Bonchev–Trinajstić information content (AvgIpc) is 2.44. The molecule has 1 aliphatic rings. The van der Waals surface area contributed by atoms with Crippen molar-refractivity contribution in [2.24, 2.45) is 5.92 Å². The molecule has 1 aliphatic heterocycles. The Morgan fingerprint density at radius 3 is 1.95 bits per heavy atom. The van der Waals surface area contributed by atoms with Crippen molar-refractivity contribution in [1.82, 2.24) is 0 Å². The Bertz CT molecular complexity index is 563. The van der Waals surface area contributed by atoms with Gasteiger partial charge >= 0.3 is 5.97 Å². The second-order valence-electron chi connectivity index (χ2n) is 5.02. The summed E-state index contributed by atoms with van der Waals surface area (Å²) in [5.41, 5.74) is -0.997. The summed E-state index contributed by atoms with van der Waals surface area (Å²) >= 11 is 0. The number of piperidine rings is 1. The number of carboxylic acids is 1. The first-order valence-corrected chi connectivity index (χ1v) is 6.26. The molecule has 1 saturated heterocycles. The van der Waals surface area contributed by atoms with Gasteiger partial charge in [-0.1, -0.05) is 0 Å². The number of benzene rings is 1. The van der Waals surface area contributed by atoms with Crippen molar-refractivity contribution in [1.29, 1.82) is 0 Å². The number of anilines is 1. The standard InChI is InChI=1S/C13H12F5NO2/c1-5-4-6(13(20)21)2-3-19(5)12-10(17)8(15)7(14)9(16)11(12)18/h5-6H,2-4H2,1H3,(H,20,21). The summed E-state index contributed by atoms with van der Waals surface area (Å²) in [7, 11) is 0. The Kier molecular flexibility index (Phi) is 4.06. The highest BCUT2D eigenvalue weighted by molar-refractivity contribution is 5.70. The first-order valence-electron chi connectivity index (χ1n) is 6.26. The van der Waals surface area contributed by atoms with Gasteiger partial charge in [-0.15, -0.1) is 0 Å². The third kappa shape index (κ3) is 2.54. The lowest BCUT2D eigenvalue weighted by Gasteiger charge is -2.38. The van der Waals surface area contributed by atoms with Crippen molar-refractivity contribution >= 4 is 11.7 Å². The molecule has 8 heteroatoms. The molecule has 1 heterocycles. The lowest BCUT2D eigenvalue weighted by Crippen LogP contribution is -2.44. The van der Waals surface area contributed by atoms with E-state index < -0.39 is 52.7 Å². The molecule has 1 aromatic rings. The summed E-state index contributed by atoms with van der Waals surface area (Å²) < 4.78 is 66.9. The van der Waals surface area contributed by atoms with Crippen LogP contribution in [-0.2, 0) is 4.79 Å². The summed E-state index contributed by atoms with van der Waals surface area (Å²) in [5.74, 6) is -11.7. The number of nitrogens with zero attached hydrogens (tertiary/aromatic N) is 1. The van der Waals surface area contributed by atoms with Crippen LogP contribution in [0.15, 0.2) is 0 Å². The SMILES string of the molecule is CC1CC(C(=O)O)CCN1c1c(F)c(F)c(F)c(F)c1F. The number of hydrogen-bond donors (Lipinski definition) is 1. The van der Waals surface area contributed by atoms with Gasteiger partial charge in [0.2, 0.25) is 5.82 Å². The van der Waals surface area contributed by atoms with Gasteiger partial charge in [0.25, 0.3) is 0 Å². The van der Waals surface area contributed by atoms with Gasteiger partial charge in [0.15, 0.2) is 23.3 Å². The molecule has 21 heavy (non-hydrogen) atoms. The third-order valence-corrected chi connectivity index (χ3v) is 3.70. The third-order valence-electron chi connectivity index (χ3n) is 3.70. The molecule has 0 aromatic heterocycles. The molecule has 2 unspecified atom stereocenters. The maximum Gasteiger partial charge on any atom is 0.306 e. The summed E-state index contributed by atoms with van der Waals surface area (Å²) in [5, 5.41) is 8.91. The van der Waals surface area contributed by atoms with E-state index in [4.69, 9.17) is 5.11 Å². The van der Waals surface area contributed by atoms with Gasteiger partial charge in [0, 0.05) is 12.6 Å². The van der Waals surface area contributed by atoms with Crippen molar-refractivity contribution in [2.75, 3.05) is 11.4 Å². The molecule has 2 atom stereocenters. The van der Waals surface area contributed by atoms with E-state index in [9.17, 15) is 26.7 Å². The molecule has 0 saturated carbocycles. The van der Waals surface area contributed by atoms with E-state index in [2.05, 4.69) is 0 Å². The van der Waals surface area contributed by atoms with Gasteiger partial charge in [-0.2, -0.15) is 0 Å². The predicted molar refractivity (Wildman–Crippen MR) is 63.4 cm³/mol. The van der Waals surface area contributed by atoms with E-state index >= 15 is 0 Å². The normalized spacial score (nSPS) is 22.5. The molecule has 1 N–H and O–H groups in total. The highest BCUT2D eigenvalue weighted by atomic mass is 19.2. The van der Waals surface area contributed by atoms with Crippen molar-refractivity contribution in [2.45, 2.75) is 25.8 Å². The fourth-order valence-electron chi connectivity index (χ4n) is 2.57. The highest BCUT2D eigenvalue weighted by Gasteiger charge is 2.35. The number of aliphatic carboxylic acids is 1. The largest absolute Gasteiger partial charge is 0.481 e. The van der Waals surface area contributed by atoms with E-state index in [0.29, 0.717) is 0 Å². The number of carboxylic acid groups (broad SMARTS) is 1. The molecule has 0 aliphatic carbocycles. The zero-order valence-corrected chi connectivity index (χ0v) is 11.0. The number of rotatable bonds is 2. The molecule has 116 valence electrons. The van der Waals surface area contributed by atoms with Crippen LogP contribution >= 0.6 is 0 Å². The van der Waals surface area contributed by atoms with Crippen LogP contribution in [-0.4, -0.2) is 23.7 Å². The number of halogens is 5. The van der Waals surface area contributed by atoms with Crippen molar-refractivity contribution < 1.29 is 31.9 Å². The summed E-state index contributed by atoms with van der Waals surface area (Å²) in [6, 6.07) is -0.659. The van der Waals surface area contributed by atoms with Gasteiger partial charge in [0.05, 0.1) is 5.92 Å². The first-order chi connectivity index (χ1) is 9.75. The molecule has 3 nitrogen and oxygen atoms in total. The quantitative estimate of drug-likeness (QED) is 0.518. The van der Waals surface area contributed by atoms with Crippen LogP contribution in [0.25, 0.3) is 0 Å². The summed E-state index contributed by atoms with van der Waals surface area (Å²) in [6.07, 6.45) is 0.133. The van der Waals surface area contributed by atoms with Crippen LogP contribution in [0.4, 0.5) is 27.6 Å². The lowest BCUT2D eigenvalue weighted by atomic mass is 9.91. The van der Waals surface area contributed by atoms with Crippen molar-refractivity contribution in [3.63, 3.8) is 0 Å². The van der Waals surface area contributed by atoms with Crippen molar-refractivity contribution in [3.8, 4) is 0 Å². The topological polar surface area (TPSA) is 40.5 Å². The smallest absolute Gasteiger partial charge is 0.306 e. The average molecular weight is 309 g/mol. The van der Waals surface area contributed by atoms with E-state index in [1.54, 1.807) is 0 Å². The minimum atomic E-state index is -2.21. The molecule has 1 fully saturated rings. The predicted octanol–water partition coefficient (Wildman–Crippen LogP) is 3.07. The molecule has 1 aromatic carbocycles. The molecular formula is C13H12F5NO2. The lowest BCUT2D eigenvalue weighted by molar-refractivity contribution is -0.142. The minimum absolute atomic E-state index is 0.0643. The van der Waals surface area contributed by atoms with Crippen LogP contribution < -0.4 is 4.90 Å². The summed E-state index contributed by atoms with van der Waals surface area (Å²) in [4.78, 5) is 11.9. The molecule has 0 amide bonds. The minimum Gasteiger partial charge on any atom is -0.481 e. The molecule has 0 radical (unpaired) electrons. The zero-order valence-electron chi connectivity index (χ0n) is 11.0. The van der Waals surface area contributed by atoms with E-state index in [-0.39, 0.29) is 19.4 Å². The monoisotopic (exact) mass is 309 g/mol. The van der Waals surface area contributed by atoms with Crippen LogP contribution in [0.5, 0.6) is 0 Å². The molecule has 0 spiro atoms.